The van der Waals surface area contributed by atoms with Crippen LogP contribution in [0.2, 0.25) is 0 Å². The molecule has 3 heteroatoms. The van der Waals surface area contributed by atoms with Crippen molar-refractivity contribution in [2.45, 2.75) is 0 Å². The molecule has 0 aliphatic carbocycles. The number of hydrogen-bond acceptors (Lipinski definition) is 3. The first-order valence-corrected chi connectivity index (χ1v) is 20.3. The third-order valence-corrected chi connectivity index (χ3v) is 13.2. The second-order valence-corrected chi connectivity index (χ2v) is 16.1. The van der Waals surface area contributed by atoms with Crippen LogP contribution in [0.15, 0.2) is 200 Å². The first-order chi connectivity index (χ1) is 27.3. The Kier molecular flexibility index (Phi) is 7.61. The molecule has 0 N–H and O–H groups in total. The van der Waals surface area contributed by atoms with E-state index >= 15 is 0 Å². The minimum atomic E-state index is 1.11. The fourth-order valence-corrected chi connectivity index (χ4v) is 10.8. The maximum absolute atomic E-state index is 2.51. The summed E-state index contributed by atoms with van der Waals surface area (Å²) in [6.45, 7) is 0. The molecule has 0 amide bonds. The van der Waals surface area contributed by atoms with E-state index in [1.54, 1.807) is 0 Å². The summed E-state index contributed by atoms with van der Waals surface area (Å²) in [5, 5.41) is 7.68. The van der Waals surface area contributed by atoms with Gasteiger partial charge in [0.25, 0.3) is 0 Å². The van der Waals surface area contributed by atoms with Gasteiger partial charge in [-0.15, -0.1) is 22.7 Å². The molecular formula is C52H33NS2. The Balaban J connectivity index is 1.17. The zero-order valence-electron chi connectivity index (χ0n) is 29.8. The Morgan fingerprint density at radius 2 is 0.891 bits per heavy atom. The zero-order valence-corrected chi connectivity index (χ0v) is 31.4. The van der Waals surface area contributed by atoms with Crippen LogP contribution in [0.4, 0.5) is 17.1 Å². The second kappa shape index (κ2) is 13.1. The maximum atomic E-state index is 2.51. The van der Waals surface area contributed by atoms with Crippen LogP contribution in [0.1, 0.15) is 0 Å². The molecule has 55 heavy (non-hydrogen) atoms. The van der Waals surface area contributed by atoms with E-state index in [1.807, 2.05) is 22.7 Å². The maximum Gasteiger partial charge on any atom is 0.0555 e. The van der Waals surface area contributed by atoms with Gasteiger partial charge in [-0.1, -0.05) is 158 Å². The lowest BCUT2D eigenvalue weighted by Crippen LogP contribution is -2.11. The summed E-state index contributed by atoms with van der Waals surface area (Å²) in [6.07, 6.45) is 0. The quantitative estimate of drug-likeness (QED) is 0.164. The van der Waals surface area contributed by atoms with Crippen LogP contribution in [0.25, 0.3) is 84.5 Å². The number of thiophene rings is 2. The summed E-state index contributed by atoms with van der Waals surface area (Å²) < 4.78 is 5.20. The minimum absolute atomic E-state index is 1.11. The molecule has 0 saturated carbocycles. The van der Waals surface area contributed by atoms with Gasteiger partial charge in [0.15, 0.2) is 0 Å². The van der Waals surface area contributed by atoms with Gasteiger partial charge in [-0.3, -0.25) is 0 Å². The average Bonchev–Trinajstić information content (AvgIpc) is 3.83. The smallest absolute Gasteiger partial charge is 0.0555 e. The van der Waals surface area contributed by atoms with Crippen molar-refractivity contribution < 1.29 is 0 Å². The van der Waals surface area contributed by atoms with Crippen LogP contribution >= 0.6 is 22.7 Å². The Morgan fingerprint density at radius 3 is 1.78 bits per heavy atom. The lowest BCUT2D eigenvalue weighted by atomic mass is 9.91. The lowest BCUT2D eigenvalue weighted by Gasteiger charge is -2.29. The molecule has 0 bridgehead atoms. The van der Waals surface area contributed by atoms with Gasteiger partial charge in [0.1, 0.15) is 0 Å². The van der Waals surface area contributed by atoms with Crippen molar-refractivity contribution in [3.05, 3.63) is 200 Å². The molecule has 0 aliphatic heterocycles. The predicted molar refractivity (Wildman–Crippen MR) is 241 cm³/mol. The largest absolute Gasteiger partial charge is 0.309 e. The van der Waals surface area contributed by atoms with Crippen molar-refractivity contribution in [1.82, 2.24) is 0 Å². The van der Waals surface area contributed by atoms with E-state index in [4.69, 9.17) is 0 Å². The van der Waals surface area contributed by atoms with Gasteiger partial charge in [-0.2, -0.15) is 0 Å². The Hall–Kier alpha value is -6.52. The van der Waals surface area contributed by atoms with Gasteiger partial charge in [0, 0.05) is 57.2 Å². The highest BCUT2D eigenvalue weighted by Crippen LogP contribution is 2.50. The SMILES string of the molecule is c1cc(-c2ccccc2-c2cccc3ccccc23)cc(N(c2ccccc2-c2cccc3c2sc2ccccc23)c2cccc3sc4ccccc4c23)c1. The monoisotopic (exact) mass is 735 g/mol. The molecule has 1 nitrogen and oxygen atoms in total. The Labute approximate surface area is 327 Å². The van der Waals surface area contributed by atoms with Crippen LogP contribution in [0, 0.1) is 0 Å². The van der Waals surface area contributed by atoms with Gasteiger partial charge < -0.3 is 4.90 Å². The first kappa shape index (κ1) is 32.0. The van der Waals surface area contributed by atoms with Gasteiger partial charge >= 0.3 is 0 Å². The van der Waals surface area contributed by atoms with E-state index in [9.17, 15) is 0 Å². The molecule has 0 fully saturated rings. The highest BCUT2D eigenvalue weighted by molar-refractivity contribution is 7.26. The van der Waals surface area contributed by atoms with Crippen molar-refractivity contribution in [2.24, 2.45) is 0 Å². The summed E-state index contributed by atoms with van der Waals surface area (Å²) in [7, 11) is 0. The van der Waals surface area contributed by atoms with Gasteiger partial charge in [0.2, 0.25) is 0 Å². The lowest BCUT2D eigenvalue weighted by molar-refractivity contribution is 1.30. The Bertz CT molecular complexity index is 3230. The molecular weight excluding hydrogens is 703 g/mol. The topological polar surface area (TPSA) is 3.24 Å². The van der Waals surface area contributed by atoms with Crippen LogP contribution in [-0.2, 0) is 0 Å². The number of anilines is 3. The number of hydrogen-bond donors (Lipinski definition) is 0. The normalized spacial score (nSPS) is 11.6. The van der Waals surface area contributed by atoms with Crippen LogP contribution in [-0.4, -0.2) is 0 Å². The summed E-state index contributed by atoms with van der Waals surface area (Å²) in [6, 6.07) is 73.4. The molecule has 0 unspecified atom stereocenters. The van der Waals surface area contributed by atoms with Crippen molar-refractivity contribution in [1.29, 1.82) is 0 Å². The molecule has 0 aliphatic rings. The molecule has 2 heterocycles. The van der Waals surface area contributed by atoms with E-state index in [-0.39, 0.29) is 0 Å². The fraction of sp³-hybridized carbons (Fsp3) is 0. The van der Waals surface area contributed by atoms with E-state index in [2.05, 4.69) is 205 Å². The van der Waals surface area contributed by atoms with Crippen molar-refractivity contribution in [2.75, 3.05) is 4.90 Å². The third-order valence-electron chi connectivity index (χ3n) is 10.9. The van der Waals surface area contributed by atoms with E-state index in [1.165, 1.54) is 90.2 Å². The molecule has 11 aromatic rings. The number of nitrogens with zero attached hydrogens (tertiary/aromatic N) is 1. The molecule has 2 aromatic heterocycles. The number of benzene rings is 9. The van der Waals surface area contributed by atoms with Gasteiger partial charge in [-0.05, 0) is 75.5 Å². The molecule has 0 saturated heterocycles. The predicted octanol–water partition coefficient (Wildman–Crippen LogP) is 16.0. The van der Waals surface area contributed by atoms with E-state index in [0.717, 1.165) is 11.4 Å². The van der Waals surface area contributed by atoms with Crippen LogP contribution in [0.3, 0.4) is 0 Å². The molecule has 0 spiro atoms. The van der Waals surface area contributed by atoms with Crippen LogP contribution < -0.4 is 4.90 Å². The highest BCUT2D eigenvalue weighted by Gasteiger charge is 2.23. The van der Waals surface area contributed by atoms with E-state index in [0.29, 0.717) is 0 Å². The molecule has 258 valence electrons. The first-order valence-electron chi connectivity index (χ1n) is 18.7. The summed E-state index contributed by atoms with van der Waals surface area (Å²) in [4.78, 5) is 2.51. The Morgan fingerprint density at radius 1 is 0.327 bits per heavy atom. The standard InChI is InChI=1S/C52H33NS2/c1-2-19-37-34(15-1)16-12-25-40(37)39-21-4-3-20-38(39)35-17-11-18-36(33-35)53(47-29-14-32-50-51(47)45-24-7-10-31-49(45)54-50)46-28-8-5-22-41(46)43-26-13-27-44-42-23-6-9-30-48(42)55-52(43)44/h1-33H. The van der Waals surface area contributed by atoms with Gasteiger partial charge in [0.05, 0.1) is 11.4 Å². The van der Waals surface area contributed by atoms with Crippen LogP contribution in [0.5, 0.6) is 0 Å². The number of rotatable bonds is 6. The van der Waals surface area contributed by atoms with Crippen molar-refractivity contribution in [3.63, 3.8) is 0 Å². The molecule has 11 rings (SSSR count). The number of fused-ring (bicyclic) bond motifs is 7. The van der Waals surface area contributed by atoms with Crippen molar-refractivity contribution in [3.8, 4) is 33.4 Å². The van der Waals surface area contributed by atoms with E-state index < -0.39 is 0 Å². The molecule has 0 atom stereocenters. The summed E-state index contributed by atoms with van der Waals surface area (Å²) in [5.41, 5.74) is 10.7. The molecule has 9 aromatic carbocycles. The van der Waals surface area contributed by atoms with Crippen molar-refractivity contribution >= 4 is 90.9 Å². The molecule has 0 radical (unpaired) electrons. The second-order valence-electron chi connectivity index (χ2n) is 14.0. The van der Waals surface area contributed by atoms with Gasteiger partial charge in [-0.25, -0.2) is 0 Å². The fourth-order valence-electron chi connectivity index (χ4n) is 8.45. The highest BCUT2D eigenvalue weighted by atomic mass is 32.1. The average molecular weight is 736 g/mol. The number of para-hydroxylation sites is 1. The third kappa shape index (κ3) is 5.27. The minimum Gasteiger partial charge on any atom is -0.309 e. The summed E-state index contributed by atoms with van der Waals surface area (Å²) in [5.74, 6) is 0. The summed E-state index contributed by atoms with van der Waals surface area (Å²) >= 11 is 3.75. The zero-order chi connectivity index (χ0) is 36.3.